The quantitative estimate of drug-likeness (QED) is 0.891. The van der Waals surface area contributed by atoms with Crippen molar-refractivity contribution in [2.45, 2.75) is 11.3 Å². The van der Waals surface area contributed by atoms with Gasteiger partial charge in [0.25, 0.3) is 0 Å². The fraction of sp³-hybridized carbons (Fsp3) is 0.500. The van der Waals surface area contributed by atoms with Crippen molar-refractivity contribution in [1.82, 2.24) is 9.62 Å². The molecule has 1 atom stereocenters. The zero-order valence-electron chi connectivity index (χ0n) is 10.3. The Hall–Kier alpha value is -0.980. The summed E-state index contributed by atoms with van der Waals surface area (Å²) < 4.78 is 38.8. The first-order valence-corrected chi connectivity index (χ1v) is 7.38. The highest BCUT2D eigenvalue weighted by Gasteiger charge is 2.31. The van der Waals surface area contributed by atoms with Gasteiger partial charge < -0.3 is 5.32 Å². The maximum atomic E-state index is 12.8. The Kier molecular flexibility index (Phi) is 3.99. The minimum Gasteiger partial charge on any atom is -0.319 e. The normalized spacial score (nSPS) is 21.3. The molecule has 0 spiro atoms. The fourth-order valence-corrected chi connectivity index (χ4v) is 3.76. The third-order valence-corrected chi connectivity index (χ3v) is 5.07. The highest BCUT2D eigenvalue weighted by atomic mass is 32.2. The lowest BCUT2D eigenvalue weighted by Gasteiger charge is -2.16. The number of halogens is 1. The van der Waals surface area contributed by atoms with Gasteiger partial charge in [0, 0.05) is 13.1 Å². The van der Waals surface area contributed by atoms with Gasteiger partial charge in [-0.3, -0.25) is 0 Å². The molecule has 0 unspecified atom stereocenters. The van der Waals surface area contributed by atoms with E-state index in [0.29, 0.717) is 19.0 Å². The Morgan fingerprint density at radius 2 is 2.06 bits per heavy atom. The Morgan fingerprint density at radius 3 is 2.67 bits per heavy atom. The van der Waals surface area contributed by atoms with Gasteiger partial charge in [0.15, 0.2) is 0 Å². The predicted molar refractivity (Wildman–Crippen MR) is 67.2 cm³/mol. The number of benzene rings is 1. The highest BCUT2D eigenvalue weighted by Crippen LogP contribution is 2.24. The summed E-state index contributed by atoms with van der Waals surface area (Å²) in [7, 11) is -1.61. The Bertz CT molecular complexity index is 501. The molecule has 2 rings (SSSR count). The van der Waals surface area contributed by atoms with Crippen LogP contribution in [0.3, 0.4) is 0 Å². The minimum atomic E-state index is -3.47. The molecule has 1 aromatic carbocycles. The van der Waals surface area contributed by atoms with Gasteiger partial charge in [-0.1, -0.05) is 0 Å². The predicted octanol–water partition coefficient (Wildman–Crippen LogP) is 1.06. The molecule has 0 radical (unpaired) electrons. The highest BCUT2D eigenvalue weighted by molar-refractivity contribution is 7.89. The van der Waals surface area contributed by atoms with Crippen LogP contribution < -0.4 is 5.32 Å². The van der Waals surface area contributed by atoms with Gasteiger partial charge >= 0.3 is 0 Å². The number of rotatable bonds is 4. The van der Waals surface area contributed by atoms with E-state index in [0.717, 1.165) is 13.0 Å². The van der Waals surface area contributed by atoms with Crippen LogP contribution >= 0.6 is 0 Å². The third kappa shape index (κ3) is 2.71. The van der Waals surface area contributed by atoms with Crippen LogP contribution in [-0.2, 0) is 10.0 Å². The van der Waals surface area contributed by atoms with Crippen molar-refractivity contribution in [2.75, 3.05) is 26.7 Å². The summed E-state index contributed by atoms with van der Waals surface area (Å²) in [5.74, 6) is -0.0753. The largest absolute Gasteiger partial charge is 0.319 e. The van der Waals surface area contributed by atoms with Crippen molar-refractivity contribution in [3.63, 3.8) is 0 Å². The maximum Gasteiger partial charge on any atom is 0.243 e. The molecule has 1 N–H and O–H groups in total. The van der Waals surface area contributed by atoms with Gasteiger partial charge in [-0.15, -0.1) is 0 Å². The Morgan fingerprint density at radius 1 is 1.39 bits per heavy atom. The van der Waals surface area contributed by atoms with E-state index in [2.05, 4.69) is 5.32 Å². The molecule has 0 aliphatic carbocycles. The molecule has 1 aliphatic heterocycles. The van der Waals surface area contributed by atoms with Crippen molar-refractivity contribution in [3.8, 4) is 0 Å². The molecule has 6 heteroatoms. The number of nitrogens with one attached hydrogen (secondary N) is 1. The molecule has 4 nitrogen and oxygen atoms in total. The van der Waals surface area contributed by atoms with Crippen molar-refractivity contribution in [3.05, 3.63) is 30.1 Å². The van der Waals surface area contributed by atoms with Crippen LogP contribution in [-0.4, -0.2) is 39.4 Å². The van der Waals surface area contributed by atoms with Crippen LogP contribution in [0.15, 0.2) is 29.2 Å². The van der Waals surface area contributed by atoms with Gasteiger partial charge in [0.1, 0.15) is 5.82 Å². The molecular weight excluding hydrogens is 255 g/mol. The molecule has 1 aromatic rings. The van der Waals surface area contributed by atoms with Crippen molar-refractivity contribution >= 4 is 10.0 Å². The minimum absolute atomic E-state index is 0.161. The molecule has 1 heterocycles. The summed E-state index contributed by atoms with van der Waals surface area (Å²) in [6.45, 7) is 1.88. The molecule has 1 fully saturated rings. The second kappa shape index (κ2) is 5.34. The molecular formula is C12H17FN2O2S. The van der Waals surface area contributed by atoms with Crippen molar-refractivity contribution in [2.24, 2.45) is 5.92 Å². The SMILES string of the molecule is CNC[C@@H]1CCN(S(=O)(=O)c2ccc(F)cc2)C1. The van der Waals surface area contributed by atoms with Gasteiger partial charge in [-0.2, -0.15) is 4.31 Å². The van der Waals surface area contributed by atoms with E-state index in [-0.39, 0.29) is 4.90 Å². The van der Waals surface area contributed by atoms with Crippen LogP contribution in [0.1, 0.15) is 6.42 Å². The average Bonchev–Trinajstić information content (AvgIpc) is 2.79. The first-order chi connectivity index (χ1) is 8.54. The maximum absolute atomic E-state index is 12.8. The van der Waals surface area contributed by atoms with Crippen LogP contribution in [0.2, 0.25) is 0 Å². The summed E-state index contributed by atoms with van der Waals surface area (Å²) in [5.41, 5.74) is 0. The molecule has 100 valence electrons. The second-order valence-corrected chi connectivity index (χ2v) is 6.47. The first kappa shape index (κ1) is 13.5. The number of sulfonamides is 1. The molecule has 1 aliphatic rings. The van der Waals surface area contributed by atoms with Gasteiger partial charge in [0.05, 0.1) is 4.90 Å². The Labute approximate surface area is 107 Å². The molecule has 1 saturated heterocycles. The topological polar surface area (TPSA) is 49.4 Å². The van der Waals surface area contributed by atoms with Crippen LogP contribution in [0, 0.1) is 11.7 Å². The van der Waals surface area contributed by atoms with E-state index in [4.69, 9.17) is 0 Å². The van der Waals surface area contributed by atoms with Gasteiger partial charge in [0.2, 0.25) is 10.0 Å². The summed E-state index contributed by atoms with van der Waals surface area (Å²) in [5, 5.41) is 3.06. The average molecular weight is 272 g/mol. The zero-order chi connectivity index (χ0) is 13.2. The zero-order valence-corrected chi connectivity index (χ0v) is 11.1. The lowest BCUT2D eigenvalue weighted by molar-refractivity contribution is 0.451. The fourth-order valence-electron chi connectivity index (χ4n) is 2.23. The smallest absolute Gasteiger partial charge is 0.243 e. The van der Waals surface area contributed by atoms with Crippen LogP contribution in [0.25, 0.3) is 0 Å². The number of hydrogen-bond donors (Lipinski definition) is 1. The summed E-state index contributed by atoms with van der Waals surface area (Å²) in [6.07, 6.45) is 0.862. The molecule has 0 saturated carbocycles. The number of nitrogens with zero attached hydrogens (tertiary/aromatic N) is 1. The standard InChI is InChI=1S/C12H17FN2O2S/c1-14-8-10-6-7-15(9-10)18(16,17)12-4-2-11(13)3-5-12/h2-5,10,14H,6-9H2,1H3/t10-/m0/s1. The second-order valence-electron chi connectivity index (χ2n) is 4.53. The van der Waals surface area contributed by atoms with Crippen LogP contribution in [0.4, 0.5) is 4.39 Å². The monoisotopic (exact) mass is 272 g/mol. The summed E-state index contributed by atoms with van der Waals surface area (Å²) >= 11 is 0. The molecule has 0 aromatic heterocycles. The molecule has 0 amide bonds. The van der Waals surface area contributed by atoms with E-state index in [1.54, 1.807) is 0 Å². The molecule has 18 heavy (non-hydrogen) atoms. The van der Waals surface area contributed by atoms with Crippen molar-refractivity contribution in [1.29, 1.82) is 0 Å². The first-order valence-electron chi connectivity index (χ1n) is 5.94. The summed E-state index contributed by atoms with van der Waals surface area (Å²) in [4.78, 5) is 0.161. The molecule has 0 bridgehead atoms. The van der Waals surface area contributed by atoms with E-state index in [9.17, 15) is 12.8 Å². The van der Waals surface area contributed by atoms with E-state index >= 15 is 0 Å². The number of hydrogen-bond acceptors (Lipinski definition) is 3. The van der Waals surface area contributed by atoms with Gasteiger partial charge in [-0.05, 0) is 50.2 Å². The van der Waals surface area contributed by atoms with Crippen molar-refractivity contribution < 1.29 is 12.8 Å². The van der Waals surface area contributed by atoms with E-state index in [1.807, 2.05) is 7.05 Å². The lowest BCUT2D eigenvalue weighted by Crippen LogP contribution is -2.30. The third-order valence-electron chi connectivity index (χ3n) is 3.19. The van der Waals surface area contributed by atoms with E-state index < -0.39 is 15.8 Å². The lowest BCUT2D eigenvalue weighted by atomic mass is 10.1. The van der Waals surface area contributed by atoms with Crippen LogP contribution in [0.5, 0.6) is 0 Å². The van der Waals surface area contributed by atoms with Gasteiger partial charge in [-0.25, -0.2) is 12.8 Å². The Balaban J connectivity index is 2.15. The summed E-state index contributed by atoms with van der Waals surface area (Å²) in [6, 6.07) is 4.98. The van der Waals surface area contributed by atoms with E-state index in [1.165, 1.54) is 28.6 Å².